The molecule has 1 aromatic heterocycles. The first kappa shape index (κ1) is 19.4. The van der Waals surface area contributed by atoms with Gasteiger partial charge in [0.15, 0.2) is 0 Å². The van der Waals surface area contributed by atoms with Gasteiger partial charge in [0.1, 0.15) is 9.84 Å². The molecule has 1 aliphatic carbocycles. The Labute approximate surface area is 160 Å². The highest BCUT2D eigenvalue weighted by molar-refractivity contribution is 7.91. The second-order valence-corrected chi connectivity index (χ2v) is 9.48. The molecular formula is C19H26N4O3S. The maximum Gasteiger partial charge on any atom is 0.315 e. The fraction of sp³-hybridized carbons (Fsp3) is 0.474. The summed E-state index contributed by atoms with van der Waals surface area (Å²) < 4.78 is 25.0. The summed E-state index contributed by atoms with van der Waals surface area (Å²) in [7, 11) is -2.98. The number of rotatable bonds is 6. The summed E-state index contributed by atoms with van der Waals surface area (Å²) in [4.78, 5) is 12.1. The fourth-order valence-electron chi connectivity index (χ4n) is 3.40. The first-order valence-corrected chi connectivity index (χ1v) is 11.1. The molecule has 27 heavy (non-hydrogen) atoms. The molecule has 0 aliphatic heterocycles. The quantitative estimate of drug-likeness (QED) is 0.790. The summed E-state index contributed by atoms with van der Waals surface area (Å²) in [5, 5.41) is 9.73. The van der Waals surface area contributed by atoms with Gasteiger partial charge in [0.2, 0.25) is 0 Å². The van der Waals surface area contributed by atoms with E-state index in [0.717, 1.165) is 17.7 Å². The first-order valence-electron chi connectivity index (χ1n) is 9.18. The molecule has 1 saturated carbocycles. The normalized spacial score (nSPS) is 20.2. The van der Waals surface area contributed by atoms with Crippen LogP contribution in [-0.4, -0.2) is 41.8 Å². The van der Waals surface area contributed by atoms with Crippen molar-refractivity contribution < 1.29 is 13.2 Å². The van der Waals surface area contributed by atoms with E-state index in [9.17, 15) is 13.2 Å². The minimum Gasteiger partial charge on any atom is -0.335 e. The van der Waals surface area contributed by atoms with Crippen molar-refractivity contribution in [2.75, 3.05) is 6.26 Å². The van der Waals surface area contributed by atoms with E-state index in [0.29, 0.717) is 32.2 Å². The Kier molecular flexibility index (Phi) is 6.15. The lowest BCUT2D eigenvalue weighted by atomic mass is 9.95. The lowest BCUT2D eigenvalue weighted by Crippen LogP contribution is -2.44. The van der Waals surface area contributed by atoms with Crippen molar-refractivity contribution >= 4 is 15.9 Å². The number of benzene rings is 1. The highest BCUT2D eigenvalue weighted by Gasteiger charge is 2.28. The van der Waals surface area contributed by atoms with Gasteiger partial charge in [-0.05, 0) is 42.9 Å². The number of nitrogens with zero attached hydrogens (tertiary/aromatic N) is 2. The Morgan fingerprint density at radius 1 is 1.15 bits per heavy atom. The summed E-state index contributed by atoms with van der Waals surface area (Å²) >= 11 is 0. The van der Waals surface area contributed by atoms with Gasteiger partial charge in [-0.15, -0.1) is 0 Å². The summed E-state index contributed by atoms with van der Waals surface area (Å²) in [6.07, 6.45) is 7.59. The Balaban J connectivity index is 1.40. The molecule has 2 amide bonds. The van der Waals surface area contributed by atoms with Crippen molar-refractivity contribution in [2.24, 2.45) is 0 Å². The van der Waals surface area contributed by atoms with Crippen LogP contribution in [0.15, 0.2) is 42.7 Å². The van der Waals surface area contributed by atoms with Crippen LogP contribution in [0.2, 0.25) is 0 Å². The lowest BCUT2D eigenvalue weighted by molar-refractivity contribution is 0.232. The van der Waals surface area contributed by atoms with E-state index in [2.05, 4.69) is 15.7 Å². The third-order valence-corrected chi connectivity index (χ3v) is 6.68. The number of carbonyl (C=O) groups is 1. The number of hydrogen-bond donors (Lipinski definition) is 2. The predicted octanol–water partition coefficient (Wildman–Crippen LogP) is 2.09. The number of nitrogens with one attached hydrogen (secondary N) is 2. The average molecular weight is 391 g/mol. The molecule has 1 heterocycles. The number of sulfone groups is 1. The average Bonchev–Trinajstić information content (AvgIpc) is 3.14. The SMILES string of the molecule is CS(=O)(=O)C1CCC(NC(=O)NCc2ccc(Cn3cccn3)cc2)CC1. The van der Waals surface area contributed by atoms with Crippen molar-refractivity contribution in [3.8, 4) is 0 Å². The molecule has 0 radical (unpaired) electrons. The molecule has 0 saturated heterocycles. The van der Waals surface area contributed by atoms with Gasteiger partial charge in [0, 0.05) is 31.2 Å². The third-order valence-electron chi connectivity index (χ3n) is 4.99. The molecular weight excluding hydrogens is 364 g/mol. The predicted molar refractivity (Wildman–Crippen MR) is 104 cm³/mol. The summed E-state index contributed by atoms with van der Waals surface area (Å²) in [6, 6.07) is 9.78. The molecule has 7 nitrogen and oxygen atoms in total. The van der Waals surface area contributed by atoms with E-state index in [1.165, 1.54) is 6.26 Å². The molecule has 3 rings (SSSR count). The first-order chi connectivity index (χ1) is 12.9. The molecule has 0 unspecified atom stereocenters. The number of urea groups is 1. The van der Waals surface area contributed by atoms with Gasteiger partial charge >= 0.3 is 6.03 Å². The van der Waals surface area contributed by atoms with Crippen LogP contribution in [0.5, 0.6) is 0 Å². The van der Waals surface area contributed by atoms with Crippen molar-refractivity contribution in [3.05, 3.63) is 53.9 Å². The van der Waals surface area contributed by atoms with E-state index in [-0.39, 0.29) is 17.3 Å². The molecule has 0 bridgehead atoms. The lowest BCUT2D eigenvalue weighted by Gasteiger charge is -2.28. The van der Waals surface area contributed by atoms with Gasteiger partial charge in [-0.25, -0.2) is 13.2 Å². The van der Waals surface area contributed by atoms with E-state index in [4.69, 9.17) is 0 Å². The Hall–Kier alpha value is -2.35. The molecule has 8 heteroatoms. The Bertz CT molecular complexity index is 840. The summed E-state index contributed by atoms with van der Waals surface area (Å²) in [6.45, 7) is 1.17. The molecule has 1 fully saturated rings. The monoisotopic (exact) mass is 390 g/mol. The zero-order valence-corrected chi connectivity index (χ0v) is 16.3. The van der Waals surface area contributed by atoms with Crippen LogP contribution >= 0.6 is 0 Å². The largest absolute Gasteiger partial charge is 0.335 e. The van der Waals surface area contributed by atoms with Gasteiger partial charge in [-0.3, -0.25) is 4.68 Å². The number of aromatic nitrogens is 2. The summed E-state index contributed by atoms with van der Waals surface area (Å²) in [5.41, 5.74) is 2.17. The van der Waals surface area contributed by atoms with Crippen LogP contribution in [0.3, 0.4) is 0 Å². The van der Waals surface area contributed by atoms with Crippen molar-refractivity contribution in [1.29, 1.82) is 0 Å². The number of amides is 2. The van der Waals surface area contributed by atoms with Gasteiger partial charge in [-0.1, -0.05) is 24.3 Å². The van der Waals surface area contributed by atoms with Gasteiger partial charge in [0.05, 0.1) is 11.8 Å². The number of carbonyl (C=O) groups excluding carboxylic acids is 1. The number of hydrogen-bond acceptors (Lipinski definition) is 4. The van der Waals surface area contributed by atoms with E-state index >= 15 is 0 Å². The minimum absolute atomic E-state index is 0.0412. The standard InChI is InChI=1S/C19H26N4O3S/c1-27(25,26)18-9-7-17(8-10-18)22-19(24)20-13-15-3-5-16(6-4-15)14-23-12-2-11-21-23/h2-6,11-12,17-18H,7-10,13-14H2,1H3,(H2,20,22,24). The molecule has 2 N–H and O–H groups in total. The van der Waals surface area contributed by atoms with Gasteiger partial charge in [-0.2, -0.15) is 5.10 Å². The van der Waals surface area contributed by atoms with E-state index in [1.807, 2.05) is 41.2 Å². The molecule has 2 aromatic rings. The summed E-state index contributed by atoms with van der Waals surface area (Å²) in [5.74, 6) is 0. The Morgan fingerprint density at radius 2 is 1.81 bits per heavy atom. The van der Waals surface area contributed by atoms with Crippen LogP contribution in [0.4, 0.5) is 4.79 Å². The highest BCUT2D eigenvalue weighted by atomic mass is 32.2. The highest BCUT2D eigenvalue weighted by Crippen LogP contribution is 2.23. The maximum atomic E-state index is 12.1. The van der Waals surface area contributed by atoms with Gasteiger partial charge in [0.25, 0.3) is 0 Å². The zero-order chi connectivity index (χ0) is 19.3. The van der Waals surface area contributed by atoms with E-state index < -0.39 is 9.84 Å². The van der Waals surface area contributed by atoms with Crippen LogP contribution in [0.25, 0.3) is 0 Å². The van der Waals surface area contributed by atoms with Crippen molar-refractivity contribution in [1.82, 2.24) is 20.4 Å². The smallest absolute Gasteiger partial charge is 0.315 e. The second kappa shape index (κ2) is 8.56. The molecule has 0 atom stereocenters. The zero-order valence-electron chi connectivity index (χ0n) is 15.5. The van der Waals surface area contributed by atoms with Crippen LogP contribution in [-0.2, 0) is 22.9 Å². The Morgan fingerprint density at radius 3 is 2.41 bits per heavy atom. The van der Waals surface area contributed by atoms with Crippen LogP contribution < -0.4 is 10.6 Å². The second-order valence-electron chi connectivity index (χ2n) is 7.15. The van der Waals surface area contributed by atoms with Crippen LogP contribution in [0.1, 0.15) is 36.8 Å². The van der Waals surface area contributed by atoms with Gasteiger partial charge < -0.3 is 10.6 Å². The van der Waals surface area contributed by atoms with Crippen molar-refractivity contribution in [3.63, 3.8) is 0 Å². The maximum absolute atomic E-state index is 12.1. The minimum atomic E-state index is -2.98. The fourth-order valence-corrected chi connectivity index (χ4v) is 4.53. The molecule has 1 aromatic carbocycles. The van der Waals surface area contributed by atoms with Crippen molar-refractivity contribution in [2.45, 2.75) is 50.1 Å². The third kappa shape index (κ3) is 5.82. The van der Waals surface area contributed by atoms with E-state index in [1.54, 1.807) is 6.20 Å². The molecule has 0 spiro atoms. The molecule has 146 valence electrons. The van der Waals surface area contributed by atoms with Crippen LogP contribution in [0, 0.1) is 0 Å². The molecule has 1 aliphatic rings. The topological polar surface area (TPSA) is 93.1 Å².